The van der Waals surface area contributed by atoms with Crippen LogP contribution in [0.25, 0.3) is 0 Å². The summed E-state index contributed by atoms with van der Waals surface area (Å²) in [5, 5.41) is 3.06. The highest BCUT2D eigenvalue weighted by molar-refractivity contribution is 5.77. The van der Waals surface area contributed by atoms with E-state index >= 15 is 0 Å². The van der Waals surface area contributed by atoms with E-state index in [0.29, 0.717) is 6.42 Å². The van der Waals surface area contributed by atoms with E-state index < -0.39 is 0 Å². The summed E-state index contributed by atoms with van der Waals surface area (Å²) in [6.07, 6.45) is 1.11. The third-order valence-corrected chi connectivity index (χ3v) is 3.22. The Morgan fingerprint density at radius 1 is 1.53 bits per heavy atom. The van der Waals surface area contributed by atoms with Gasteiger partial charge in [-0.05, 0) is 26.8 Å². The van der Waals surface area contributed by atoms with Gasteiger partial charge in [0.25, 0.3) is 0 Å². The summed E-state index contributed by atoms with van der Waals surface area (Å²) < 4.78 is 5.94. The topological polar surface area (TPSA) is 64.4 Å². The van der Waals surface area contributed by atoms with Crippen molar-refractivity contribution in [3.8, 4) is 5.75 Å². The fourth-order valence-electron chi connectivity index (χ4n) is 2.48. The molecule has 0 aliphatic carbocycles. The minimum absolute atomic E-state index is 0.00694. The number of rotatable bonds is 3. The van der Waals surface area contributed by atoms with Crippen molar-refractivity contribution in [2.45, 2.75) is 51.3 Å². The van der Waals surface area contributed by atoms with Crippen molar-refractivity contribution in [3.63, 3.8) is 0 Å². The number of carbonyl (C=O) groups excluding carboxylic acids is 1. The van der Waals surface area contributed by atoms with Gasteiger partial charge in [0.05, 0.1) is 6.04 Å². The van der Waals surface area contributed by atoms with E-state index in [1.807, 2.05) is 45.0 Å². The van der Waals surface area contributed by atoms with Crippen molar-refractivity contribution in [1.82, 2.24) is 5.32 Å². The highest BCUT2D eigenvalue weighted by Gasteiger charge is 2.34. The van der Waals surface area contributed by atoms with Crippen molar-refractivity contribution in [3.05, 3.63) is 29.8 Å². The van der Waals surface area contributed by atoms with Gasteiger partial charge in [-0.15, -0.1) is 0 Å². The average molecular weight is 262 g/mol. The van der Waals surface area contributed by atoms with Gasteiger partial charge in [0.2, 0.25) is 5.91 Å². The molecule has 1 aromatic carbocycles. The maximum Gasteiger partial charge on any atom is 0.222 e. The van der Waals surface area contributed by atoms with Crippen LogP contribution in [0.1, 0.15) is 45.2 Å². The van der Waals surface area contributed by atoms with Gasteiger partial charge in [0.15, 0.2) is 0 Å². The van der Waals surface area contributed by atoms with Crippen LogP contribution in [-0.2, 0) is 4.79 Å². The lowest BCUT2D eigenvalue weighted by molar-refractivity contribution is -0.122. The van der Waals surface area contributed by atoms with Gasteiger partial charge < -0.3 is 15.8 Å². The number of amides is 1. The smallest absolute Gasteiger partial charge is 0.222 e. The predicted octanol–water partition coefficient (Wildman–Crippen LogP) is 2.14. The molecule has 0 saturated carbocycles. The number of fused-ring (bicyclic) bond motifs is 1. The molecule has 1 aromatic rings. The van der Waals surface area contributed by atoms with E-state index in [0.717, 1.165) is 17.7 Å². The van der Waals surface area contributed by atoms with E-state index in [9.17, 15) is 4.79 Å². The van der Waals surface area contributed by atoms with Gasteiger partial charge in [0.1, 0.15) is 11.4 Å². The maximum atomic E-state index is 11.9. The molecule has 0 saturated heterocycles. The van der Waals surface area contributed by atoms with Gasteiger partial charge in [0, 0.05) is 24.4 Å². The molecule has 1 heterocycles. The van der Waals surface area contributed by atoms with Crippen molar-refractivity contribution in [1.29, 1.82) is 0 Å². The van der Waals surface area contributed by atoms with Crippen LogP contribution in [0.5, 0.6) is 5.75 Å². The SMILES string of the molecule is CC(N)CC(=O)NC1CC(C)(C)Oc2ccccc21. The number of ether oxygens (including phenoxy) is 1. The Kier molecular flexibility index (Phi) is 3.80. The van der Waals surface area contributed by atoms with Crippen molar-refractivity contribution < 1.29 is 9.53 Å². The molecule has 3 N–H and O–H groups in total. The number of benzene rings is 1. The first-order valence-corrected chi connectivity index (χ1v) is 6.70. The molecular formula is C15H22N2O2. The number of hydrogen-bond donors (Lipinski definition) is 2. The molecule has 104 valence electrons. The number of nitrogens with two attached hydrogens (primary N) is 1. The fraction of sp³-hybridized carbons (Fsp3) is 0.533. The number of para-hydroxylation sites is 1. The Bertz CT molecular complexity index is 469. The first-order valence-electron chi connectivity index (χ1n) is 6.70. The molecule has 1 aliphatic heterocycles. The normalized spacial score (nSPS) is 22.0. The first kappa shape index (κ1) is 13.9. The Labute approximate surface area is 114 Å². The van der Waals surface area contributed by atoms with Crippen LogP contribution in [0.2, 0.25) is 0 Å². The van der Waals surface area contributed by atoms with Crippen molar-refractivity contribution in [2.24, 2.45) is 5.73 Å². The molecule has 0 aromatic heterocycles. The average Bonchev–Trinajstić information content (AvgIpc) is 2.26. The van der Waals surface area contributed by atoms with Gasteiger partial charge in [-0.25, -0.2) is 0 Å². The van der Waals surface area contributed by atoms with Crippen LogP contribution in [0.3, 0.4) is 0 Å². The van der Waals surface area contributed by atoms with Crippen LogP contribution in [0.4, 0.5) is 0 Å². The second kappa shape index (κ2) is 5.21. The molecule has 4 heteroatoms. The molecule has 0 radical (unpaired) electrons. The van der Waals surface area contributed by atoms with Crippen LogP contribution >= 0.6 is 0 Å². The highest BCUT2D eigenvalue weighted by Crippen LogP contribution is 2.39. The van der Waals surface area contributed by atoms with Crippen molar-refractivity contribution >= 4 is 5.91 Å². The van der Waals surface area contributed by atoms with E-state index in [1.165, 1.54) is 0 Å². The standard InChI is InChI=1S/C15H22N2O2/c1-10(16)8-14(18)17-12-9-15(2,3)19-13-7-5-4-6-11(12)13/h4-7,10,12H,8-9,16H2,1-3H3,(H,17,18). The monoisotopic (exact) mass is 262 g/mol. The molecule has 2 unspecified atom stereocenters. The fourth-order valence-corrected chi connectivity index (χ4v) is 2.48. The lowest BCUT2D eigenvalue weighted by atomic mass is 9.89. The quantitative estimate of drug-likeness (QED) is 0.877. The molecule has 19 heavy (non-hydrogen) atoms. The van der Waals surface area contributed by atoms with E-state index in [-0.39, 0.29) is 23.6 Å². The molecule has 2 atom stereocenters. The lowest BCUT2D eigenvalue weighted by Gasteiger charge is -2.38. The Hall–Kier alpha value is -1.55. The Morgan fingerprint density at radius 2 is 2.21 bits per heavy atom. The second-order valence-corrected chi connectivity index (χ2v) is 5.91. The highest BCUT2D eigenvalue weighted by atomic mass is 16.5. The summed E-state index contributed by atoms with van der Waals surface area (Å²) in [7, 11) is 0. The Balaban J connectivity index is 2.18. The summed E-state index contributed by atoms with van der Waals surface area (Å²) >= 11 is 0. The van der Waals surface area contributed by atoms with Gasteiger partial charge in [-0.2, -0.15) is 0 Å². The zero-order valence-corrected chi connectivity index (χ0v) is 11.8. The summed E-state index contributed by atoms with van der Waals surface area (Å²) in [6, 6.07) is 7.73. The van der Waals surface area contributed by atoms with E-state index in [2.05, 4.69) is 5.32 Å². The van der Waals surface area contributed by atoms with E-state index in [1.54, 1.807) is 0 Å². The van der Waals surface area contributed by atoms with Gasteiger partial charge in [-0.1, -0.05) is 18.2 Å². The maximum absolute atomic E-state index is 11.9. The third kappa shape index (κ3) is 3.47. The lowest BCUT2D eigenvalue weighted by Crippen LogP contribution is -2.42. The number of hydrogen-bond acceptors (Lipinski definition) is 3. The predicted molar refractivity (Wildman–Crippen MR) is 74.9 cm³/mol. The third-order valence-electron chi connectivity index (χ3n) is 3.22. The number of nitrogens with one attached hydrogen (secondary N) is 1. The van der Waals surface area contributed by atoms with Crippen molar-refractivity contribution in [2.75, 3.05) is 0 Å². The van der Waals surface area contributed by atoms with E-state index in [4.69, 9.17) is 10.5 Å². The summed E-state index contributed by atoms with van der Waals surface area (Å²) in [5.74, 6) is 0.845. The largest absolute Gasteiger partial charge is 0.487 e. The van der Waals surface area contributed by atoms with Crippen LogP contribution in [0, 0.1) is 0 Å². The zero-order valence-electron chi connectivity index (χ0n) is 11.8. The Morgan fingerprint density at radius 3 is 2.89 bits per heavy atom. The molecule has 0 bridgehead atoms. The summed E-state index contributed by atoms with van der Waals surface area (Å²) in [6.45, 7) is 5.91. The second-order valence-electron chi connectivity index (χ2n) is 5.91. The van der Waals surface area contributed by atoms with Crippen LogP contribution < -0.4 is 15.8 Å². The molecule has 0 spiro atoms. The van der Waals surface area contributed by atoms with Crippen LogP contribution in [0.15, 0.2) is 24.3 Å². The minimum atomic E-state index is -0.277. The molecule has 1 amide bonds. The molecule has 0 fully saturated rings. The van der Waals surface area contributed by atoms with Gasteiger partial charge in [-0.3, -0.25) is 4.79 Å². The number of carbonyl (C=O) groups is 1. The zero-order chi connectivity index (χ0) is 14.0. The minimum Gasteiger partial charge on any atom is -0.487 e. The molecule has 2 rings (SSSR count). The van der Waals surface area contributed by atoms with Crippen LogP contribution in [-0.4, -0.2) is 17.6 Å². The molecule has 1 aliphatic rings. The van der Waals surface area contributed by atoms with Gasteiger partial charge >= 0.3 is 0 Å². The summed E-state index contributed by atoms with van der Waals surface area (Å²) in [5.41, 5.74) is 6.43. The first-order chi connectivity index (χ1) is 8.87. The summed E-state index contributed by atoms with van der Waals surface area (Å²) in [4.78, 5) is 11.9. The molecular weight excluding hydrogens is 240 g/mol. The molecule has 4 nitrogen and oxygen atoms in total.